The minimum Gasteiger partial charge on any atom is -0.492 e. The van der Waals surface area contributed by atoms with Crippen LogP contribution in [0.25, 0.3) is 16.7 Å². The molecule has 31 heavy (non-hydrogen) atoms. The van der Waals surface area contributed by atoms with Crippen molar-refractivity contribution in [3.63, 3.8) is 0 Å². The summed E-state index contributed by atoms with van der Waals surface area (Å²) in [4.78, 5) is 4.67. The third kappa shape index (κ3) is 6.09. The van der Waals surface area contributed by atoms with E-state index >= 15 is 0 Å². The summed E-state index contributed by atoms with van der Waals surface area (Å²) in [6, 6.07) is 15.3. The zero-order chi connectivity index (χ0) is 22.2. The molecule has 0 unspecified atom stereocenters. The van der Waals surface area contributed by atoms with Crippen LogP contribution in [-0.4, -0.2) is 56.7 Å². The SMILES string of the molecule is CCN(CC)CCOc1ccc(-c2ccccc2C)cc1C1=C(CN(C)C)CCC=C1. The Morgan fingerprint density at radius 1 is 0.968 bits per heavy atom. The molecule has 0 N–H and O–H groups in total. The van der Waals surface area contributed by atoms with Crippen molar-refractivity contribution in [3.8, 4) is 16.9 Å². The first-order valence-electron chi connectivity index (χ1n) is 11.6. The first-order valence-corrected chi connectivity index (χ1v) is 11.6. The summed E-state index contributed by atoms with van der Waals surface area (Å²) in [5.41, 5.74) is 7.86. The van der Waals surface area contributed by atoms with E-state index in [1.54, 1.807) is 0 Å². The van der Waals surface area contributed by atoms with Gasteiger partial charge < -0.3 is 14.5 Å². The van der Waals surface area contributed by atoms with Gasteiger partial charge in [-0.25, -0.2) is 0 Å². The molecule has 0 bridgehead atoms. The molecule has 3 heteroatoms. The van der Waals surface area contributed by atoms with Gasteiger partial charge in [0.15, 0.2) is 0 Å². The lowest BCUT2D eigenvalue weighted by atomic mass is 9.89. The van der Waals surface area contributed by atoms with Gasteiger partial charge in [0, 0.05) is 18.7 Å². The lowest BCUT2D eigenvalue weighted by Gasteiger charge is -2.23. The predicted octanol–water partition coefficient (Wildman–Crippen LogP) is 6.05. The van der Waals surface area contributed by atoms with Gasteiger partial charge in [0.1, 0.15) is 12.4 Å². The summed E-state index contributed by atoms with van der Waals surface area (Å²) < 4.78 is 6.38. The van der Waals surface area contributed by atoms with Crippen molar-refractivity contribution in [2.24, 2.45) is 0 Å². The molecule has 0 fully saturated rings. The third-order valence-corrected chi connectivity index (χ3v) is 6.07. The Bertz CT molecular complexity index is 922. The number of aryl methyl sites for hydroxylation is 1. The van der Waals surface area contributed by atoms with Gasteiger partial charge in [-0.1, -0.05) is 56.3 Å². The Morgan fingerprint density at radius 2 is 1.74 bits per heavy atom. The highest BCUT2D eigenvalue weighted by atomic mass is 16.5. The molecule has 2 aromatic rings. The zero-order valence-electron chi connectivity index (χ0n) is 19.9. The lowest BCUT2D eigenvalue weighted by Crippen LogP contribution is -2.28. The molecule has 0 atom stereocenters. The predicted molar refractivity (Wildman–Crippen MR) is 134 cm³/mol. The number of ether oxygens (including phenoxy) is 1. The molecule has 0 amide bonds. The van der Waals surface area contributed by atoms with Crippen molar-refractivity contribution in [1.82, 2.24) is 9.80 Å². The van der Waals surface area contributed by atoms with Gasteiger partial charge in [-0.3, -0.25) is 0 Å². The van der Waals surface area contributed by atoms with Crippen LogP contribution in [0.2, 0.25) is 0 Å². The van der Waals surface area contributed by atoms with Gasteiger partial charge in [0.05, 0.1) is 0 Å². The van der Waals surface area contributed by atoms with Gasteiger partial charge in [0.25, 0.3) is 0 Å². The highest BCUT2D eigenvalue weighted by molar-refractivity contribution is 5.84. The monoisotopic (exact) mass is 418 g/mol. The fourth-order valence-electron chi connectivity index (χ4n) is 4.29. The quantitative estimate of drug-likeness (QED) is 0.467. The zero-order valence-corrected chi connectivity index (χ0v) is 19.9. The maximum Gasteiger partial charge on any atom is 0.127 e. The number of hydrogen-bond donors (Lipinski definition) is 0. The molecular formula is C28H38N2O. The van der Waals surface area contributed by atoms with E-state index < -0.39 is 0 Å². The number of hydrogen-bond acceptors (Lipinski definition) is 3. The van der Waals surface area contributed by atoms with E-state index in [4.69, 9.17) is 4.74 Å². The van der Waals surface area contributed by atoms with Gasteiger partial charge >= 0.3 is 0 Å². The molecule has 0 aromatic heterocycles. The summed E-state index contributed by atoms with van der Waals surface area (Å²) in [7, 11) is 4.29. The van der Waals surface area contributed by atoms with Crippen molar-refractivity contribution in [2.75, 3.05) is 46.9 Å². The van der Waals surface area contributed by atoms with E-state index in [9.17, 15) is 0 Å². The second-order valence-electron chi connectivity index (χ2n) is 8.60. The second kappa shape index (κ2) is 11.3. The highest BCUT2D eigenvalue weighted by Gasteiger charge is 2.17. The van der Waals surface area contributed by atoms with Crippen molar-refractivity contribution >= 4 is 5.57 Å². The van der Waals surface area contributed by atoms with Gasteiger partial charge in [-0.15, -0.1) is 0 Å². The van der Waals surface area contributed by atoms with Crippen molar-refractivity contribution in [2.45, 2.75) is 33.6 Å². The molecule has 166 valence electrons. The van der Waals surface area contributed by atoms with Crippen LogP contribution < -0.4 is 4.74 Å². The largest absolute Gasteiger partial charge is 0.492 e. The minimum atomic E-state index is 0.707. The number of rotatable bonds is 10. The molecule has 0 aliphatic heterocycles. The maximum absolute atomic E-state index is 6.38. The van der Waals surface area contributed by atoms with E-state index in [2.05, 4.69) is 99.3 Å². The normalized spacial score (nSPS) is 14.0. The molecule has 1 aliphatic rings. The van der Waals surface area contributed by atoms with Gasteiger partial charge in [-0.05, 0) is 86.9 Å². The van der Waals surface area contributed by atoms with Crippen molar-refractivity contribution in [1.29, 1.82) is 0 Å². The minimum absolute atomic E-state index is 0.707. The van der Waals surface area contributed by atoms with Crippen LogP contribution in [0.3, 0.4) is 0 Å². The Kier molecular flexibility index (Phi) is 8.51. The third-order valence-electron chi connectivity index (χ3n) is 6.07. The Balaban J connectivity index is 2.01. The average Bonchev–Trinajstić information content (AvgIpc) is 2.77. The molecule has 2 aromatic carbocycles. The highest BCUT2D eigenvalue weighted by Crippen LogP contribution is 2.37. The number of nitrogens with zero attached hydrogens (tertiary/aromatic N) is 2. The van der Waals surface area contributed by atoms with Crippen molar-refractivity contribution < 1.29 is 4.74 Å². The number of likely N-dealkylation sites (N-methyl/N-ethyl adjacent to an activating group) is 2. The van der Waals surface area contributed by atoms with Crippen LogP contribution >= 0.6 is 0 Å². The fourth-order valence-corrected chi connectivity index (χ4v) is 4.29. The second-order valence-corrected chi connectivity index (χ2v) is 8.60. The molecule has 0 saturated carbocycles. The fraction of sp³-hybridized carbons (Fsp3) is 0.429. The Hall–Kier alpha value is -2.36. The average molecular weight is 419 g/mol. The topological polar surface area (TPSA) is 15.7 Å². The van der Waals surface area contributed by atoms with E-state index in [-0.39, 0.29) is 0 Å². The van der Waals surface area contributed by atoms with Crippen LogP contribution in [0.4, 0.5) is 0 Å². The summed E-state index contributed by atoms with van der Waals surface area (Å²) in [6.45, 7) is 11.3. The molecule has 0 spiro atoms. The van der Waals surface area contributed by atoms with Crippen LogP contribution in [0.5, 0.6) is 5.75 Å². The van der Waals surface area contributed by atoms with Crippen molar-refractivity contribution in [3.05, 3.63) is 71.3 Å². The van der Waals surface area contributed by atoms with E-state index in [0.29, 0.717) is 6.61 Å². The summed E-state index contributed by atoms with van der Waals surface area (Å²) >= 11 is 0. The van der Waals surface area contributed by atoms with Crippen LogP contribution in [0.1, 0.15) is 37.8 Å². The number of allylic oxidation sites excluding steroid dienone is 3. The van der Waals surface area contributed by atoms with E-state index in [1.165, 1.54) is 33.4 Å². The van der Waals surface area contributed by atoms with Gasteiger partial charge in [-0.2, -0.15) is 0 Å². The standard InChI is InChI=1S/C28H38N2O/c1-6-30(7-2)18-19-31-28-17-16-23(25-14-10-8-12-22(25)3)20-27(28)26-15-11-9-13-24(26)21-29(4)5/h8,10-12,14-17,20H,6-7,9,13,18-19,21H2,1-5H3. The lowest BCUT2D eigenvalue weighted by molar-refractivity contribution is 0.222. The molecule has 1 aliphatic carbocycles. The molecular weight excluding hydrogens is 380 g/mol. The molecule has 0 radical (unpaired) electrons. The molecule has 0 saturated heterocycles. The summed E-state index contributed by atoms with van der Waals surface area (Å²) in [6.07, 6.45) is 6.82. The summed E-state index contributed by atoms with van der Waals surface area (Å²) in [5.74, 6) is 0.988. The first kappa shape index (κ1) is 23.3. The van der Waals surface area contributed by atoms with Crippen LogP contribution in [0, 0.1) is 6.92 Å². The van der Waals surface area contributed by atoms with Gasteiger partial charge in [0.2, 0.25) is 0 Å². The molecule has 3 rings (SSSR count). The maximum atomic E-state index is 6.38. The smallest absolute Gasteiger partial charge is 0.127 e. The van der Waals surface area contributed by atoms with E-state index in [1.807, 2.05) is 0 Å². The Morgan fingerprint density at radius 3 is 2.45 bits per heavy atom. The van der Waals surface area contributed by atoms with Crippen LogP contribution in [-0.2, 0) is 0 Å². The summed E-state index contributed by atoms with van der Waals surface area (Å²) in [5, 5.41) is 0. The van der Waals surface area contributed by atoms with Crippen LogP contribution in [0.15, 0.2) is 60.2 Å². The number of benzene rings is 2. The Labute approximate surface area is 189 Å². The molecule has 0 heterocycles. The first-order chi connectivity index (χ1) is 15.0. The van der Waals surface area contributed by atoms with E-state index in [0.717, 1.165) is 44.8 Å². The molecule has 3 nitrogen and oxygen atoms in total.